The van der Waals surface area contributed by atoms with Crippen molar-refractivity contribution >= 4 is 40.3 Å². The number of nitrogens with one attached hydrogen (secondary N) is 1. The van der Waals surface area contributed by atoms with E-state index in [1.165, 1.54) is 11.8 Å². The number of carbonyl (C=O) groups is 2. The standard InChI is InChI=1S/C24H22N4O3S/c1-2-31-19-13-11-18(12-14-19)28-21-6-4-3-5-20(21)27-24(28)32-15-22(29)26-17-9-7-16(8-10-17)23(25)30/h3-14H,2,15H2,1H3,(H2,25,30)(H,26,29). The number of para-hydroxylation sites is 2. The van der Waals surface area contributed by atoms with E-state index in [9.17, 15) is 9.59 Å². The van der Waals surface area contributed by atoms with Crippen molar-refractivity contribution in [3.05, 3.63) is 78.4 Å². The van der Waals surface area contributed by atoms with E-state index in [0.717, 1.165) is 27.6 Å². The largest absolute Gasteiger partial charge is 0.494 e. The fourth-order valence-corrected chi connectivity index (χ4v) is 4.08. The summed E-state index contributed by atoms with van der Waals surface area (Å²) in [6.45, 7) is 2.55. The van der Waals surface area contributed by atoms with E-state index in [2.05, 4.69) is 5.32 Å². The molecule has 0 saturated heterocycles. The van der Waals surface area contributed by atoms with Crippen molar-refractivity contribution in [3.8, 4) is 11.4 Å². The minimum absolute atomic E-state index is 0.174. The van der Waals surface area contributed by atoms with Crippen LogP contribution >= 0.6 is 11.8 Å². The van der Waals surface area contributed by atoms with E-state index in [1.54, 1.807) is 24.3 Å². The summed E-state index contributed by atoms with van der Waals surface area (Å²) in [5, 5.41) is 3.54. The molecule has 0 unspecified atom stereocenters. The van der Waals surface area contributed by atoms with Crippen molar-refractivity contribution in [2.75, 3.05) is 17.7 Å². The monoisotopic (exact) mass is 446 g/mol. The van der Waals surface area contributed by atoms with Gasteiger partial charge in [-0.1, -0.05) is 23.9 Å². The molecule has 0 aliphatic rings. The first kappa shape index (κ1) is 21.5. The maximum absolute atomic E-state index is 12.5. The number of hydrogen-bond acceptors (Lipinski definition) is 5. The van der Waals surface area contributed by atoms with Gasteiger partial charge in [0.2, 0.25) is 11.8 Å². The van der Waals surface area contributed by atoms with Gasteiger partial charge in [-0.3, -0.25) is 14.2 Å². The van der Waals surface area contributed by atoms with E-state index in [4.69, 9.17) is 15.5 Å². The van der Waals surface area contributed by atoms with E-state index in [-0.39, 0.29) is 11.7 Å². The maximum Gasteiger partial charge on any atom is 0.248 e. The Labute approximate surface area is 189 Å². The topological polar surface area (TPSA) is 99.2 Å². The van der Waals surface area contributed by atoms with Crippen LogP contribution in [0.4, 0.5) is 5.69 Å². The third-order valence-corrected chi connectivity index (χ3v) is 5.66. The highest BCUT2D eigenvalue weighted by Gasteiger charge is 2.15. The Morgan fingerprint density at radius 2 is 1.75 bits per heavy atom. The van der Waals surface area contributed by atoms with Crippen LogP contribution in [-0.4, -0.2) is 33.7 Å². The summed E-state index contributed by atoms with van der Waals surface area (Å²) in [5.74, 6) is 0.299. The summed E-state index contributed by atoms with van der Waals surface area (Å²) in [7, 11) is 0. The van der Waals surface area contributed by atoms with Gasteiger partial charge >= 0.3 is 0 Å². The van der Waals surface area contributed by atoms with Crippen LogP contribution in [-0.2, 0) is 4.79 Å². The molecule has 0 atom stereocenters. The predicted octanol–water partition coefficient (Wildman–Crippen LogP) is 4.25. The highest BCUT2D eigenvalue weighted by Crippen LogP contribution is 2.29. The van der Waals surface area contributed by atoms with Gasteiger partial charge in [0, 0.05) is 16.9 Å². The number of fused-ring (bicyclic) bond motifs is 1. The Morgan fingerprint density at radius 1 is 1.03 bits per heavy atom. The Balaban J connectivity index is 1.53. The zero-order valence-electron chi connectivity index (χ0n) is 17.4. The van der Waals surface area contributed by atoms with Gasteiger partial charge < -0.3 is 15.8 Å². The lowest BCUT2D eigenvalue weighted by Gasteiger charge is -2.10. The number of aromatic nitrogens is 2. The third kappa shape index (κ3) is 4.76. The molecule has 0 spiro atoms. The summed E-state index contributed by atoms with van der Waals surface area (Å²) in [5.41, 5.74) is 8.99. The SMILES string of the molecule is CCOc1ccc(-n2c(SCC(=O)Nc3ccc(C(N)=O)cc3)nc3ccccc32)cc1. The smallest absolute Gasteiger partial charge is 0.248 e. The number of nitrogens with zero attached hydrogens (tertiary/aromatic N) is 2. The molecule has 2 amide bonds. The predicted molar refractivity (Wildman–Crippen MR) is 127 cm³/mol. The number of amides is 2. The van der Waals surface area contributed by atoms with Gasteiger partial charge in [-0.05, 0) is 67.6 Å². The highest BCUT2D eigenvalue weighted by molar-refractivity contribution is 7.99. The molecule has 8 heteroatoms. The van der Waals surface area contributed by atoms with Gasteiger partial charge in [0.05, 0.1) is 23.4 Å². The molecule has 0 fully saturated rings. The molecule has 7 nitrogen and oxygen atoms in total. The summed E-state index contributed by atoms with van der Waals surface area (Å²) < 4.78 is 7.58. The first-order valence-electron chi connectivity index (χ1n) is 10.1. The molecular weight excluding hydrogens is 424 g/mol. The fraction of sp³-hybridized carbons (Fsp3) is 0.125. The van der Waals surface area contributed by atoms with Gasteiger partial charge in [0.25, 0.3) is 0 Å². The number of imidazole rings is 1. The molecule has 3 N–H and O–H groups in total. The third-order valence-electron chi connectivity index (χ3n) is 4.72. The van der Waals surface area contributed by atoms with Crippen molar-refractivity contribution in [1.82, 2.24) is 9.55 Å². The summed E-state index contributed by atoms with van der Waals surface area (Å²) >= 11 is 1.35. The lowest BCUT2D eigenvalue weighted by molar-refractivity contribution is -0.113. The Hall–Kier alpha value is -3.78. The Bertz CT molecular complexity index is 1250. The lowest BCUT2D eigenvalue weighted by atomic mass is 10.2. The fourth-order valence-electron chi connectivity index (χ4n) is 3.25. The second-order valence-electron chi connectivity index (χ2n) is 6.92. The van der Waals surface area contributed by atoms with Crippen molar-refractivity contribution in [2.24, 2.45) is 5.73 Å². The van der Waals surface area contributed by atoms with Crippen LogP contribution in [0, 0.1) is 0 Å². The molecular formula is C24H22N4O3S. The first-order chi connectivity index (χ1) is 15.5. The number of thioether (sulfide) groups is 1. The van der Waals surface area contributed by atoms with Gasteiger partial charge in [0.15, 0.2) is 5.16 Å². The normalized spacial score (nSPS) is 10.8. The Kier molecular flexibility index (Phi) is 6.42. The minimum atomic E-state index is -0.508. The molecule has 32 heavy (non-hydrogen) atoms. The van der Waals surface area contributed by atoms with Crippen LogP contribution in [0.2, 0.25) is 0 Å². The molecule has 0 radical (unpaired) electrons. The molecule has 162 valence electrons. The molecule has 4 rings (SSSR count). The van der Waals surface area contributed by atoms with Crippen molar-refractivity contribution in [1.29, 1.82) is 0 Å². The molecule has 1 heterocycles. The lowest BCUT2D eigenvalue weighted by Crippen LogP contribution is -2.15. The number of primary amides is 1. The zero-order valence-corrected chi connectivity index (χ0v) is 18.3. The average molecular weight is 447 g/mol. The van der Waals surface area contributed by atoms with Crippen LogP contribution in [0.1, 0.15) is 17.3 Å². The zero-order chi connectivity index (χ0) is 22.5. The van der Waals surface area contributed by atoms with Crippen molar-refractivity contribution < 1.29 is 14.3 Å². The average Bonchev–Trinajstić information content (AvgIpc) is 3.17. The van der Waals surface area contributed by atoms with Gasteiger partial charge in [-0.2, -0.15) is 0 Å². The molecule has 4 aromatic rings. The van der Waals surface area contributed by atoms with Crippen LogP contribution < -0.4 is 15.8 Å². The first-order valence-corrected chi connectivity index (χ1v) is 11.1. The minimum Gasteiger partial charge on any atom is -0.494 e. The van der Waals surface area contributed by atoms with Gasteiger partial charge in [-0.25, -0.2) is 4.98 Å². The van der Waals surface area contributed by atoms with E-state index in [1.807, 2.05) is 60.0 Å². The summed E-state index contributed by atoms with van der Waals surface area (Å²) in [6.07, 6.45) is 0. The molecule has 0 aliphatic heterocycles. The molecule has 0 saturated carbocycles. The van der Waals surface area contributed by atoms with Crippen molar-refractivity contribution in [2.45, 2.75) is 12.1 Å². The Morgan fingerprint density at radius 3 is 2.44 bits per heavy atom. The highest BCUT2D eigenvalue weighted by atomic mass is 32.2. The van der Waals surface area contributed by atoms with E-state index < -0.39 is 5.91 Å². The number of ether oxygens (including phenoxy) is 1. The van der Waals surface area contributed by atoms with E-state index >= 15 is 0 Å². The number of nitrogens with two attached hydrogens (primary N) is 1. The quantitative estimate of drug-likeness (QED) is 0.394. The number of rotatable bonds is 8. The van der Waals surface area contributed by atoms with Crippen LogP contribution in [0.5, 0.6) is 5.75 Å². The molecule has 0 aliphatic carbocycles. The maximum atomic E-state index is 12.5. The van der Waals surface area contributed by atoms with Crippen LogP contribution in [0.3, 0.4) is 0 Å². The number of hydrogen-bond donors (Lipinski definition) is 2. The van der Waals surface area contributed by atoms with E-state index in [0.29, 0.717) is 17.9 Å². The van der Waals surface area contributed by atoms with Crippen molar-refractivity contribution in [3.63, 3.8) is 0 Å². The van der Waals surface area contributed by atoms with Gasteiger partial charge in [-0.15, -0.1) is 0 Å². The number of carbonyl (C=O) groups excluding carboxylic acids is 2. The molecule has 1 aromatic heterocycles. The molecule has 3 aromatic carbocycles. The summed E-state index contributed by atoms with van der Waals surface area (Å²) in [6, 6.07) is 22.1. The van der Waals surface area contributed by atoms with Gasteiger partial charge in [0.1, 0.15) is 5.75 Å². The number of anilines is 1. The van der Waals surface area contributed by atoms with Crippen LogP contribution in [0.15, 0.2) is 78.0 Å². The summed E-state index contributed by atoms with van der Waals surface area (Å²) in [4.78, 5) is 28.4. The second-order valence-corrected chi connectivity index (χ2v) is 7.87. The molecule has 0 bridgehead atoms. The second kappa shape index (κ2) is 9.57. The number of benzene rings is 3. The van der Waals surface area contributed by atoms with Crippen LogP contribution in [0.25, 0.3) is 16.7 Å².